The number of anilines is 1. The van der Waals surface area contributed by atoms with Crippen LogP contribution in [-0.4, -0.2) is 26.0 Å². The molecule has 0 aliphatic heterocycles. The number of thiazole rings is 1. The molecular weight excluding hydrogens is 284 g/mol. The Hall–Kier alpha value is -2.06. The molecule has 3 N–H and O–H groups in total. The summed E-state index contributed by atoms with van der Waals surface area (Å²) < 4.78 is 0. The van der Waals surface area contributed by atoms with Gasteiger partial charge in [0.2, 0.25) is 0 Å². The fraction of sp³-hybridized carbons (Fsp3) is 0.0909. The molecule has 0 atom stereocenters. The molecule has 0 unspecified atom stereocenters. The fourth-order valence-corrected chi connectivity index (χ4v) is 3.21. The highest BCUT2D eigenvalue weighted by molar-refractivity contribution is 7.20. The number of aromatic carboxylic acids is 1. The van der Waals surface area contributed by atoms with Gasteiger partial charge in [-0.15, -0.1) is 22.7 Å². The minimum absolute atomic E-state index is 0.198. The van der Waals surface area contributed by atoms with Gasteiger partial charge in [0.15, 0.2) is 10.8 Å². The summed E-state index contributed by atoms with van der Waals surface area (Å²) in [6.45, 7) is 1.88. The first-order valence-electron chi connectivity index (χ1n) is 5.27. The van der Waals surface area contributed by atoms with Crippen molar-refractivity contribution in [1.29, 1.82) is 0 Å². The van der Waals surface area contributed by atoms with E-state index in [1.807, 2.05) is 12.3 Å². The molecule has 0 saturated carbocycles. The second kappa shape index (κ2) is 4.25. The molecule has 96 valence electrons. The smallest absolute Gasteiger partial charge is 0.345 e. The number of aromatic nitrogens is 3. The van der Waals surface area contributed by atoms with Crippen molar-refractivity contribution < 1.29 is 9.90 Å². The van der Waals surface area contributed by atoms with Gasteiger partial charge in [-0.2, -0.15) is 0 Å². The SMILES string of the molecule is Cc1csc(-c2nc(N)c3cc(C(=O)O)sc3n2)n1. The zero-order chi connectivity index (χ0) is 13.6. The monoisotopic (exact) mass is 292 g/mol. The van der Waals surface area contributed by atoms with E-state index in [9.17, 15) is 4.79 Å². The van der Waals surface area contributed by atoms with Crippen LogP contribution in [-0.2, 0) is 0 Å². The lowest BCUT2D eigenvalue weighted by atomic mass is 10.3. The molecule has 0 aliphatic rings. The molecule has 0 spiro atoms. The maximum absolute atomic E-state index is 11.0. The Kier molecular flexibility index (Phi) is 2.68. The first-order chi connectivity index (χ1) is 9.04. The average Bonchev–Trinajstić information content (AvgIpc) is 2.95. The van der Waals surface area contributed by atoms with Crippen LogP contribution in [0.5, 0.6) is 0 Å². The highest BCUT2D eigenvalue weighted by Gasteiger charge is 2.15. The number of hydrogen-bond acceptors (Lipinski definition) is 7. The molecule has 3 aromatic heterocycles. The van der Waals surface area contributed by atoms with Crippen molar-refractivity contribution in [3.63, 3.8) is 0 Å². The van der Waals surface area contributed by atoms with Crippen LogP contribution < -0.4 is 5.73 Å². The van der Waals surface area contributed by atoms with Gasteiger partial charge in [0.1, 0.15) is 15.5 Å². The number of hydrogen-bond donors (Lipinski definition) is 2. The standard InChI is InChI=1S/C11H8N4O2S2/c1-4-3-18-10(13-4)8-14-7(12)5-2-6(11(16)17)19-9(5)15-8/h2-3H,1H3,(H,16,17)(H2,12,14,15). The predicted molar refractivity (Wildman–Crippen MR) is 74.6 cm³/mol. The van der Waals surface area contributed by atoms with Crippen molar-refractivity contribution in [2.45, 2.75) is 6.92 Å². The maximum atomic E-state index is 11.0. The number of fused-ring (bicyclic) bond motifs is 1. The molecule has 19 heavy (non-hydrogen) atoms. The molecule has 0 fully saturated rings. The van der Waals surface area contributed by atoms with Crippen molar-refractivity contribution in [1.82, 2.24) is 15.0 Å². The number of aryl methyl sites for hydroxylation is 1. The van der Waals surface area contributed by atoms with Gasteiger partial charge in [-0.05, 0) is 13.0 Å². The van der Waals surface area contributed by atoms with E-state index >= 15 is 0 Å². The van der Waals surface area contributed by atoms with Crippen LogP contribution in [0.1, 0.15) is 15.4 Å². The summed E-state index contributed by atoms with van der Waals surface area (Å²) in [6, 6.07) is 1.49. The van der Waals surface area contributed by atoms with Gasteiger partial charge in [0.25, 0.3) is 0 Å². The molecule has 6 nitrogen and oxygen atoms in total. The highest BCUT2D eigenvalue weighted by atomic mass is 32.1. The summed E-state index contributed by atoms with van der Waals surface area (Å²) in [6.07, 6.45) is 0. The number of nitrogens with zero attached hydrogens (tertiary/aromatic N) is 3. The Balaban J connectivity index is 2.21. The zero-order valence-corrected chi connectivity index (χ0v) is 11.4. The number of rotatable bonds is 2. The van der Waals surface area contributed by atoms with E-state index in [1.54, 1.807) is 0 Å². The fourth-order valence-electron chi connectivity index (χ4n) is 1.60. The van der Waals surface area contributed by atoms with Gasteiger partial charge >= 0.3 is 5.97 Å². The number of carbonyl (C=O) groups is 1. The van der Waals surface area contributed by atoms with Crippen LogP contribution >= 0.6 is 22.7 Å². The van der Waals surface area contributed by atoms with E-state index in [-0.39, 0.29) is 10.7 Å². The van der Waals surface area contributed by atoms with E-state index in [0.29, 0.717) is 21.0 Å². The lowest BCUT2D eigenvalue weighted by Gasteiger charge is -1.98. The number of nitrogen functional groups attached to an aromatic ring is 1. The van der Waals surface area contributed by atoms with E-state index in [0.717, 1.165) is 17.0 Å². The molecule has 0 aromatic carbocycles. The van der Waals surface area contributed by atoms with Crippen molar-refractivity contribution >= 4 is 44.7 Å². The Morgan fingerprint density at radius 1 is 1.37 bits per heavy atom. The lowest BCUT2D eigenvalue weighted by molar-refractivity contribution is 0.0702. The molecule has 3 aromatic rings. The molecule has 3 rings (SSSR count). The highest BCUT2D eigenvalue weighted by Crippen LogP contribution is 2.30. The number of thiophene rings is 1. The Morgan fingerprint density at radius 2 is 2.16 bits per heavy atom. The third-order valence-corrected chi connectivity index (χ3v) is 4.42. The van der Waals surface area contributed by atoms with Crippen LogP contribution in [0.15, 0.2) is 11.4 Å². The molecule has 0 radical (unpaired) electrons. The first-order valence-corrected chi connectivity index (χ1v) is 6.97. The minimum atomic E-state index is -0.992. The summed E-state index contributed by atoms with van der Waals surface area (Å²) >= 11 is 2.51. The molecule has 0 aliphatic carbocycles. The molecule has 3 heterocycles. The molecule has 0 bridgehead atoms. The summed E-state index contributed by atoms with van der Waals surface area (Å²) in [4.78, 5) is 24.5. The summed E-state index contributed by atoms with van der Waals surface area (Å²) in [5.41, 5.74) is 6.74. The third-order valence-electron chi connectivity index (χ3n) is 2.44. The van der Waals surface area contributed by atoms with Gasteiger partial charge in [0, 0.05) is 11.1 Å². The Morgan fingerprint density at radius 3 is 2.79 bits per heavy atom. The van der Waals surface area contributed by atoms with Crippen LogP contribution in [0.3, 0.4) is 0 Å². The van der Waals surface area contributed by atoms with Crippen LogP contribution in [0, 0.1) is 6.92 Å². The number of nitrogens with two attached hydrogens (primary N) is 1. The molecule has 0 saturated heterocycles. The largest absolute Gasteiger partial charge is 0.477 e. The van der Waals surface area contributed by atoms with Crippen molar-refractivity contribution in [3.05, 3.63) is 22.0 Å². The van der Waals surface area contributed by atoms with Crippen molar-refractivity contribution in [3.8, 4) is 10.8 Å². The first kappa shape index (κ1) is 12.0. The number of carboxylic acid groups (broad SMARTS) is 1. The Bertz CT molecular complexity index is 793. The maximum Gasteiger partial charge on any atom is 0.345 e. The predicted octanol–water partition coefficient (Wildman–Crippen LogP) is 2.40. The Labute approximate surface area is 115 Å². The van der Waals surface area contributed by atoms with E-state index in [4.69, 9.17) is 10.8 Å². The topological polar surface area (TPSA) is 102 Å². The zero-order valence-electron chi connectivity index (χ0n) is 9.75. The number of carboxylic acids is 1. The van der Waals surface area contributed by atoms with E-state index in [2.05, 4.69) is 15.0 Å². The van der Waals surface area contributed by atoms with Crippen LogP contribution in [0.2, 0.25) is 0 Å². The second-order valence-corrected chi connectivity index (χ2v) is 5.75. The van der Waals surface area contributed by atoms with Crippen molar-refractivity contribution in [2.24, 2.45) is 0 Å². The van der Waals surface area contributed by atoms with E-state index < -0.39 is 5.97 Å². The summed E-state index contributed by atoms with van der Waals surface area (Å²) in [7, 11) is 0. The van der Waals surface area contributed by atoms with Crippen LogP contribution in [0.4, 0.5) is 5.82 Å². The lowest BCUT2D eigenvalue weighted by Crippen LogP contribution is -1.95. The quantitative estimate of drug-likeness (QED) is 0.752. The normalized spacial score (nSPS) is 11.0. The molecule has 0 amide bonds. The molecule has 8 heteroatoms. The third kappa shape index (κ3) is 2.04. The minimum Gasteiger partial charge on any atom is -0.477 e. The van der Waals surface area contributed by atoms with Gasteiger partial charge in [-0.1, -0.05) is 0 Å². The second-order valence-electron chi connectivity index (χ2n) is 3.86. The molecular formula is C11H8N4O2S2. The van der Waals surface area contributed by atoms with E-state index in [1.165, 1.54) is 17.4 Å². The average molecular weight is 292 g/mol. The van der Waals surface area contributed by atoms with Gasteiger partial charge < -0.3 is 10.8 Å². The summed E-state index contributed by atoms with van der Waals surface area (Å²) in [5, 5.41) is 12.1. The van der Waals surface area contributed by atoms with Gasteiger partial charge in [0.05, 0.1) is 5.39 Å². The van der Waals surface area contributed by atoms with Gasteiger partial charge in [-0.3, -0.25) is 0 Å². The summed E-state index contributed by atoms with van der Waals surface area (Å²) in [5.74, 6) is -0.285. The van der Waals surface area contributed by atoms with Crippen molar-refractivity contribution in [2.75, 3.05) is 5.73 Å². The van der Waals surface area contributed by atoms with Gasteiger partial charge in [-0.25, -0.2) is 19.7 Å². The van der Waals surface area contributed by atoms with Crippen LogP contribution in [0.25, 0.3) is 21.0 Å².